The minimum absolute atomic E-state index is 0.500. The van der Waals surface area contributed by atoms with Crippen molar-refractivity contribution in [3.8, 4) is 0 Å². The molecule has 0 aromatic carbocycles. The fourth-order valence-corrected chi connectivity index (χ4v) is 2.04. The lowest BCUT2D eigenvalue weighted by Crippen LogP contribution is -2.19. The molecule has 0 atom stereocenters. The summed E-state index contributed by atoms with van der Waals surface area (Å²) in [6, 6.07) is 3.92. The van der Waals surface area contributed by atoms with Gasteiger partial charge in [0.25, 0.3) is 0 Å². The number of aromatic nitrogens is 2. The van der Waals surface area contributed by atoms with Gasteiger partial charge in [0.15, 0.2) is 0 Å². The third kappa shape index (κ3) is 2.64. The van der Waals surface area contributed by atoms with Gasteiger partial charge in [0.1, 0.15) is 28.3 Å². The quantitative estimate of drug-likeness (QED) is 0.799. The van der Waals surface area contributed by atoms with Crippen molar-refractivity contribution in [2.75, 3.05) is 11.9 Å². The highest BCUT2D eigenvalue weighted by Crippen LogP contribution is 2.23. The van der Waals surface area contributed by atoms with Crippen LogP contribution in [0.25, 0.3) is 0 Å². The zero-order valence-corrected chi connectivity index (χ0v) is 11.7. The van der Waals surface area contributed by atoms with Gasteiger partial charge in [-0.1, -0.05) is 11.6 Å². The van der Waals surface area contributed by atoms with Crippen molar-refractivity contribution < 1.29 is 4.42 Å². The summed E-state index contributed by atoms with van der Waals surface area (Å²) < 4.78 is 5.56. The van der Waals surface area contributed by atoms with Crippen molar-refractivity contribution in [2.45, 2.75) is 27.3 Å². The number of hydrogen-bond acceptors (Lipinski definition) is 4. The number of halogens is 1. The van der Waals surface area contributed by atoms with E-state index in [4.69, 9.17) is 16.0 Å². The number of nitrogens with zero attached hydrogens (tertiary/aromatic N) is 3. The lowest BCUT2D eigenvalue weighted by Gasteiger charge is -2.19. The maximum Gasteiger partial charge on any atom is 0.137 e. The van der Waals surface area contributed by atoms with Crippen LogP contribution in [-0.4, -0.2) is 17.0 Å². The molecule has 0 aliphatic heterocycles. The first-order valence-electron chi connectivity index (χ1n) is 5.74. The summed E-state index contributed by atoms with van der Waals surface area (Å²) in [6.45, 7) is 6.34. The molecule has 0 fully saturated rings. The fourth-order valence-electron chi connectivity index (χ4n) is 1.83. The summed E-state index contributed by atoms with van der Waals surface area (Å²) in [5, 5.41) is 0.500. The van der Waals surface area contributed by atoms with E-state index in [0.29, 0.717) is 17.5 Å². The largest absolute Gasteiger partial charge is 0.464 e. The van der Waals surface area contributed by atoms with Crippen LogP contribution in [0.4, 0.5) is 5.82 Å². The van der Waals surface area contributed by atoms with Gasteiger partial charge in [0.05, 0.1) is 6.54 Å². The van der Waals surface area contributed by atoms with Crippen LogP contribution in [-0.2, 0) is 6.54 Å². The zero-order chi connectivity index (χ0) is 13.3. The predicted octanol–water partition coefficient (Wildman–Crippen LogP) is 3.28. The molecule has 2 heterocycles. The molecular weight excluding hydrogens is 250 g/mol. The molecule has 0 spiro atoms. The minimum atomic E-state index is 0.500. The first-order valence-corrected chi connectivity index (χ1v) is 6.12. The summed E-state index contributed by atoms with van der Waals surface area (Å²) in [4.78, 5) is 10.6. The second-order valence-electron chi connectivity index (χ2n) is 4.38. The van der Waals surface area contributed by atoms with Gasteiger partial charge < -0.3 is 9.32 Å². The highest BCUT2D eigenvalue weighted by molar-refractivity contribution is 6.30. The van der Waals surface area contributed by atoms with E-state index in [1.807, 2.05) is 44.9 Å². The average Bonchev–Trinajstić information content (AvgIpc) is 2.69. The van der Waals surface area contributed by atoms with Gasteiger partial charge in [-0.25, -0.2) is 9.97 Å². The molecule has 0 radical (unpaired) electrons. The Bertz CT molecular complexity index is 565. The van der Waals surface area contributed by atoms with Gasteiger partial charge in [0, 0.05) is 12.6 Å². The summed E-state index contributed by atoms with van der Waals surface area (Å²) >= 11 is 6.07. The van der Waals surface area contributed by atoms with Gasteiger partial charge in [-0.05, 0) is 32.9 Å². The van der Waals surface area contributed by atoms with E-state index >= 15 is 0 Å². The molecule has 0 aliphatic carbocycles. The molecule has 0 saturated carbocycles. The Balaban J connectivity index is 2.26. The molecule has 4 nitrogen and oxygen atoms in total. The summed E-state index contributed by atoms with van der Waals surface area (Å²) in [6.07, 6.45) is 0. The predicted molar refractivity (Wildman–Crippen MR) is 72.1 cm³/mol. The fraction of sp³-hybridized carbons (Fsp3) is 0.385. The van der Waals surface area contributed by atoms with Crippen LogP contribution in [0.2, 0.25) is 5.15 Å². The SMILES string of the molecule is Cc1nc(Cl)c(C)c(N(C)Cc2ccc(C)o2)n1. The van der Waals surface area contributed by atoms with Crippen molar-refractivity contribution in [3.05, 3.63) is 40.2 Å². The van der Waals surface area contributed by atoms with E-state index in [0.717, 1.165) is 22.9 Å². The van der Waals surface area contributed by atoms with Gasteiger partial charge in [-0.2, -0.15) is 0 Å². The smallest absolute Gasteiger partial charge is 0.137 e. The lowest BCUT2D eigenvalue weighted by atomic mass is 10.3. The molecule has 18 heavy (non-hydrogen) atoms. The van der Waals surface area contributed by atoms with Gasteiger partial charge in [-0.15, -0.1) is 0 Å². The van der Waals surface area contributed by atoms with Crippen LogP contribution >= 0.6 is 11.6 Å². The Labute approximate surface area is 112 Å². The molecule has 0 aliphatic rings. The second-order valence-corrected chi connectivity index (χ2v) is 4.74. The standard InChI is InChI=1S/C13H16ClN3O/c1-8-5-6-11(18-8)7-17(4)13-9(2)12(14)15-10(3)16-13/h5-6H,7H2,1-4H3. The van der Waals surface area contributed by atoms with Crippen LogP contribution in [0.15, 0.2) is 16.5 Å². The van der Waals surface area contributed by atoms with Crippen molar-refractivity contribution in [1.82, 2.24) is 9.97 Å². The van der Waals surface area contributed by atoms with E-state index in [2.05, 4.69) is 9.97 Å². The second kappa shape index (κ2) is 4.98. The van der Waals surface area contributed by atoms with Crippen molar-refractivity contribution in [3.63, 3.8) is 0 Å². The van der Waals surface area contributed by atoms with E-state index in [9.17, 15) is 0 Å². The van der Waals surface area contributed by atoms with Crippen LogP contribution in [0.3, 0.4) is 0 Å². The van der Waals surface area contributed by atoms with Gasteiger partial charge >= 0.3 is 0 Å². The first-order chi connectivity index (χ1) is 8.47. The molecule has 2 aromatic heterocycles. The zero-order valence-electron chi connectivity index (χ0n) is 11.0. The number of furan rings is 1. The maximum atomic E-state index is 6.07. The minimum Gasteiger partial charge on any atom is -0.464 e. The Morgan fingerprint density at radius 1 is 1.22 bits per heavy atom. The summed E-state index contributed by atoms with van der Waals surface area (Å²) in [5.74, 6) is 3.32. The molecule has 2 aromatic rings. The van der Waals surface area contributed by atoms with Crippen molar-refractivity contribution in [2.24, 2.45) is 0 Å². The summed E-state index contributed by atoms with van der Waals surface area (Å²) in [5.41, 5.74) is 0.882. The van der Waals surface area contributed by atoms with Gasteiger partial charge in [-0.3, -0.25) is 0 Å². The van der Waals surface area contributed by atoms with Gasteiger partial charge in [0.2, 0.25) is 0 Å². The van der Waals surface area contributed by atoms with E-state index in [-0.39, 0.29) is 0 Å². The molecule has 0 amide bonds. The van der Waals surface area contributed by atoms with Crippen molar-refractivity contribution in [1.29, 1.82) is 0 Å². The van der Waals surface area contributed by atoms with E-state index in [1.165, 1.54) is 0 Å². The van der Waals surface area contributed by atoms with Crippen molar-refractivity contribution >= 4 is 17.4 Å². The molecular formula is C13H16ClN3O. The third-order valence-electron chi connectivity index (χ3n) is 2.72. The first kappa shape index (κ1) is 12.9. The molecule has 5 heteroatoms. The Morgan fingerprint density at radius 3 is 2.56 bits per heavy atom. The molecule has 96 valence electrons. The average molecular weight is 266 g/mol. The number of hydrogen-bond donors (Lipinski definition) is 0. The third-order valence-corrected chi connectivity index (χ3v) is 3.09. The monoisotopic (exact) mass is 265 g/mol. The Morgan fingerprint density at radius 2 is 1.94 bits per heavy atom. The number of aryl methyl sites for hydroxylation is 2. The number of anilines is 1. The highest BCUT2D eigenvalue weighted by Gasteiger charge is 2.13. The van der Waals surface area contributed by atoms with E-state index < -0.39 is 0 Å². The maximum absolute atomic E-state index is 6.07. The Hall–Kier alpha value is -1.55. The van der Waals surface area contributed by atoms with Crippen LogP contribution in [0.1, 0.15) is 22.9 Å². The number of rotatable bonds is 3. The normalized spacial score (nSPS) is 10.7. The molecule has 0 N–H and O–H groups in total. The van der Waals surface area contributed by atoms with Crippen LogP contribution in [0.5, 0.6) is 0 Å². The molecule has 2 rings (SSSR count). The highest BCUT2D eigenvalue weighted by atomic mass is 35.5. The molecule has 0 saturated heterocycles. The van der Waals surface area contributed by atoms with E-state index in [1.54, 1.807) is 0 Å². The molecule has 0 unspecified atom stereocenters. The van der Waals surface area contributed by atoms with Crippen LogP contribution < -0.4 is 4.90 Å². The molecule has 0 bridgehead atoms. The lowest BCUT2D eigenvalue weighted by molar-refractivity contribution is 0.481. The summed E-state index contributed by atoms with van der Waals surface area (Å²) in [7, 11) is 1.96. The topological polar surface area (TPSA) is 42.2 Å². The Kier molecular flexibility index (Phi) is 3.57. The van der Waals surface area contributed by atoms with Crippen LogP contribution in [0, 0.1) is 20.8 Å².